The Labute approximate surface area is 201 Å². The lowest BCUT2D eigenvalue weighted by Crippen LogP contribution is -2.53. The quantitative estimate of drug-likeness (QED) is 0.443. The summed E-state index contributed by atoms with van der Waals surface area (Å²) >= 11 is 0. The van der Waals surface area contributed by atoms with E-state index in [0.717, 1.165) is 10.9 Å². The Bertz CT molecular complexity index is 1480. The van der Waals surface area contributed by atoms with Crippen molar-refractivity contribution in [2.24, 2.45) is 5.92 Å². The number of aryl methyl sites for hydroxylation is 2. The molecule has 2 aliphatic rings. The van der Waals surface area contributed by atoms with Gasteiger partial charge in [0.05, 0.1) is 23.4 Å². The number of ether oxygens (including phenoxy) is 1. The third kappa shape index (κ3) is 3.81. The van der Waals surface area contributed by atoms with Gasteiger partial charge in [0.2, 0.25) is 0 Å². The van der Waals surface area contributed by atoms with Crippen LogP contribution in [0.3, 0.4) is 0 Å². The van der Waals surface area contributed by atoms with E-state index in [1.54, 1.807) is 46.9 Å². The normalized spacial score (nSPS) is 16.0. The molecule has 2 fully saturated rings. The van der Waals surface area contributed by atoms with E-state index in [4.69, 9.17) is 9.15 Å². The molecule has 0 unspecified atom stereocenters. The summed E-state index contributed by atoms with van der Waals surface area (Å²) in [5.74, 6) is 2.00. The summed E-state index contributed by atoms with van der Waals surface area (Å²) in [7, 11) is 0. The van der Waals surface area contributed by atoms with Crippen LogP contribution in [-0.4, -0.2) is 57.2 Å². The highest BCUT2D eigenvalue weighted by molar-refractivity contribution is 6.07. The number of aliphatic hydroxyl groups is 1. The number of carbonyl (C=O) groups is 2. The second kappa shape index (κ2) is 8.13. The highest BCUT2D eigenvalue weighted by Gasteiger charge is 2.31. The summed E-state index contributed by atoms with van der Waals surface area (Å²) in [5.41, 5.74) is 3.09. The molecule has 3 aromatic heterocycles. The van der Waals surface area contributed by atoms with E-state index in [1.165, 1.54) is 12.8 Å². The Kier molecular flexibility index (Phi) is 5.03. The largest absolute Gasteiger partial charge is 0.460 e. The van der Waals surface area contributed by atoms with Gasteiger partial charge in [-0.3, -0.25) is 9.59 Å². The zero-order valence-electron chi connectivity index (χ0n) is 19.6. The molecule has 2 amide bonds. The number of furan rings is 1. The molecule has 2 N–H and O–H groups in total. The number of nitrogens with one attached hydrogen (secondary N) is 1. The van der Waals surface area contributed by atoms with Crippen molar-refractivity contribution >= 4 is 28.3 Å². The van der Waals surface area contributed by atoms with Gasteiger partial charge >= 0.3 is 0 Å². The minimum Gasteiger partial charge on any atom is -0.460 e. The van der Waals surface area contributed by atoms with Crippen LogP contribution >= 0.6 is 0 Å². The number of aliphatic hydroxyl groups excluding tert-OH is 1. The van der Waals surface area contributed by atoms with Gasteiger partial charge in [-0.25, -0.2) is 4.52 Å². The van der Waals surface area contributed by atoms with Gasteiger partial charge in [0, 0.05) is 43.4 Å². The summed E-state index contributed by atoms with van der Waals surface area (Å²) in [5, 5.41) is 17.6. The molecule has 0 atom stereocenters. The lowest BCUT2D eigenvalue weighted by molar-refractivity contribution is 0.00585. The van der Waals surface area contributed by atoms with E-state index >= 15 is 0 Å². The molecule has 0 radical (unpaired) electrons. The summed E-state index contributed by atoms with van der Waals surface area (Å²) in [4.78, 5) is 27.2. The molecule has 1 saturated carbocycles. The number of aromatic nitrogens is 2. The van der Waals surface area contributed by atoms with Crippen LogP contribution < -0.4 is 10.1 Å². The van der Waals surface area contributed by atoms with Crippen molar-refractivity contribution in [3.63, 3.8) is 0 Å². The Balaban J connectivity index is 1.29. The maximum Gasteiger partial charge on any atom is 0.255 e. The third-order valence-corrected chi connectivity index (χ3v) is 6.81. The topological polar surface area (TPSA) is 109 Å². The van der Waals surface area contributed by atoms with Gasteiger partial charge in [0.15, 0.2) is 5.75 Å². The average Bonchev–Trinajstić information content (AvgIpc) is 3.50. The van der Waals surface area contributed by atoms with E-state index in [-0.39, 0.29) is 11.8 Å². The van der Waals surface area contributed by atoms with Crippen molar-refractivity contribution in [2.45, 2.75) is 32.8 Å². The van der Waals surface area contributed by atoms with Crippen molar-refractivity contribution in [1.29, 1.82) is 0 Å². The van der Waals surface area contributed by atoms with Crippen LogP contribution in [0.25, 0.3) is 16.5 Å². The molecule has 1 aliphatic heterocycles. The van der Waals surface area contributed by atoms with Crippen molar-refractivity contribution in [3.05, 3.63) is 59.1 Å². The van der Waals surface area contributed by atoms with Gasteiger partial charge in [0.25, 0.3) is 11.8 Å². The van der Waals surface area contributed by atoms with Gasteiger partial charge in [0.1, 0.15) is 22.6 Å². The molecule has 1 saturated heterocycles. The molecule has 4 heterocycles. The molecule has 9 heteroatoms. The molecule has 4 aromatic rings. The maximum atomic E-state index is 12.8. The van der Waals surface area contributed by atoms with Gasteiger partial charge in [-0.2, -0.15) is 5.10 Å². The van der Waals surface area contributed by atoms with Crippen LogP contribution in [0.4, 0.5) is 0 Å². The predicted octanol–water partition coefficient (Wildman–Crippen LogP) is 3.45. The maximum absolute atomic E-state index is 12.8. The lowest BCUT2D eigenvalue weighted by Gasteiger charge is -2.35. The lowest BCUT2D eigenvalue weighted by atomic mass is 10.1. The minimum atomic E-state index is -0.460. The van der Waals surface area contributed by atoms with Crippen LogP contribution in [0.15, 0.2) is 41.1 Å². The first-order valence-electron chi connectivity index (χ1n) is 11.8. The molecule has 9 nitrogen and oxygen atoms in total. The number of fused-ring (bicyclic) bond motifs is 2. The molecular weight excluding hydrogens is 448 g/mol. The van der Waals surface area contributed by atoms with Crippen molar-refractivity contribution in [2.75, 3.05) is 19.6 Å². The monoisotopic (exact) mass is 474 g/mol. The zero-order valence-corrected chi connectivity index (χ0v) is 19.6. The molecule has 180 valence electrons. The van der Waals surface area contributed by atoms with E-state index in [1.807, 2.05) is 13.0 Å². The zero-order chi connectivity index (χ0) is 24.3. The smallest absolute Gasteiger partial charge is 0.255 e. The number of likely N-dealkylation sites (tertiary alicyclic amines) is 1. The first kappa shape index (κ1) is 21.7. The molecule has 0 spiro atoms. The highest BCUT2D eigenvalue weighted by atomic mass is 16.5. The summed E-state index contributed by atoms with van der Waals surface area (Å²) in [6.07, 6.45) is 5.19. The molecular formula is C26H26N4O5. The van der Waals surface area contributed by atoms with E-state index < -0.39 is 6.10 Å². The Morgan fingerprint density at radius 3 is 2.77 bits per heavy atom. The molecule has 6 rings (SSSR count). The Hall–Kier alpha value is -3.85. The van der Waals surface area contributed by atoms with Gasteiger partial charge in [-0.15, -0.1) is 0 Å². The second-order valence-electron chi connectivity index (χ2n) is 9.47. The number of hydrogen-bond acceptors (Lipinski definition) is 6. The van der Waals surface area contributed by atoms with Gasteiger partial charge < -0.3 is 24.5 Å². The van der Waals surface area contributed by atoms with Gasteiger partial charge in [-0.05, 0) is 50.3 Å². The van der Waals surface area contributed by atoms with E-state index in [0.29, 0.717) is 65.0 Å². The van der Waals surface area contributed by atoms with Crippen molar-refractivity contribution in [3.8, 4) is 11.5 Å². The van der Waals surface area contributed by atoms with Crippen LogP contribution in [0.5, 0.6) is 11.5 Å². The van der Waals surface area contributed by atoms with Gasteiger partial charge in [-0.1, -0.05) is 0 Å². The minimum absolute atomic E-state index is 0.117. The van der Waals surface area contributed by atoms with E-state index in [2.05, 4.69) is 10.4 Å². The third-order valence-electron chi connectivity index (χ3n) is 6.81. The number of hydrogen-bond donors (Lipinski definition) is 2. The predicted molar refractivity (Wildman–Crippen MR) is 128 cm³/mol. The van der Waals surface area contributed by atoms with Crippen LogP contribution in [0.2, 0.25) is 0 Å². The molecule has 1 aliphatic carbocycles. The fraction of sp³-hybridized carbons (Fsp3) is 0.346. The standard InChI is InChI=1S/C26H26N4O5/c1-14-20(26(33)29-11-17(31)12-29)13-30-24(14)21(7-8-28-30)35-18-5-6-19-22(9-18)34-15(2)23(19)25(32)27-10-16-3-4-16/h5-9,13,16-17,31H,3-4,10-12H2,1-2H3,(H,27,32). The first-order valence-corrected chi connectivity index (χ1v) is 11.8. The number of carbonyl (C=O) groups excluding carboxylic acids is 2. The fourth-order valence-electron chi connectivity index (χ4n) is 4.63. The summed E-state index contributed by atoms with van der Waals surface area (Å²) in [6.45, 7) is 5.02. The average molecular weight is 475 g/mol. The first-order chi connectivity index (χ1) is 16.9. The number of nitrogens with zero attached hydrogens (tertiary/aromatic N) is 3. The molecule has 35 heavy (non-hydrogen) atoms. The molecule has 0 bridgehead atoms. The number of benzene rings is 1. The second-order valence-corrected chi connectivity index (χ2v) is 9.47. The van der Waals surface area contributed by atoms with Crippen LogP contribution in [0.1, 0.15) is 44.9 Å². The van der Waals surface area contributed by atoms with E-state index in [9.17, 15) is 14.7 Å². The summed E-state index contributed by atoms with van der Waals surface area (Å²) < 4.78 is 13.7. The number of β-amino-alcohol motifs (C(OH)–C–C–N with tert-alkyl or cyclic N) is 1. The van der Waals surface area contributed by atoms with Crippen LogP contribution in [0, 0.1) is 19.8 Å². The summed E-state index contributed by atoms with van der Waals surface area (Å²) in [6, 6.07) is 7.15. The molecule has 1 aromatic carbocycles. The number of amides is 2. The highest BCUT2D eigenvalue weighted by Crippen LogP contribution is 2.34. The van der Waals surface area contributed by atoms with Crippen molar-refractivity contribution in [1.82, 2.24) is 19.8 Å². The SMILES string of the molecule is Cc1oc2cc(Oc3ccnn4cc(C(=O)N5CC(O)C5)c(C)c34)ccc2c1C(=O)NCC1CC1. The van der Waals surface area contributed by atoms with Crippen LogP contribution in [-0.2, 0) is 0 Å². The Morgan fingerprint density at radius 2 is 2.03 bits per heavy atom. The van der Waals surface area contributed by atoms with Crippen molar-refractivity contribution < 1.29 is 23.8 Å². The Morgan fingerprint density at radius 1 is 1.23 bits per heavy atom. The fourth-order valence-corrected chi connectivity index (χ4v) is 4.63. The number of rotatable bonds is 6.